The monoisotopic (exact) mass is 236 g/mol. The first-order chi connectivity index (χ1) is 8.12. The van der Waals surface area contributed by atoms with Gasteiger partial charge in [0.15, 0.2) is 11.6 Å². The molecule has 3 N–H and O–H groups in total. The molecule has 0 aliphatic carbocycles. The van der Waals surface area contributed by atoms with Crippen LogP contribution in [0.4, 0.5) is 4.39 Å². The van der Waals surface area contributed by atoms with E-state index in [1.165, 1.54) is 13.2 Å². The molecule has 0 aromatic heterocycles. The van der Waals surface area contributed by atoms with Gasteiger partial charge in [-0.15, -0.1) is 6.42 Å². The molecule has 0 fully saturated rings. The summed E-state index contributed by atoms with van der Waals surface area (Å²) < 4.78 is 18.4. The average Bonchev–Trinajstić information content (AvgIpc) is 2.35. The highest BCUT2D eigenvalue weighted by Crippen LogP contribution is 2.21. The van der Waals surface area contributed by atoms with Gasteiger partial charge in [-0.25, -0.2) is 4.39 Å². The highest BCUT2D eigenvalue weighted by molar-refractivity contribution is 5.31. The van der Waals surface area contributed by atoms with Crippen molar-refractivity contribution in [1.82, 2.24) is 5.32 Å². The predicted molar refractivity (Wildman–Crippen MR) is 66.2 cm³/mol. The number of hydrogen-bond acceptors (Lipinski definition) is 3. The maximum atomic E-state index is 13.5. The second kappa shape index (κ2) is 6.24. The number of benzene rings is 1. The Kier molecular flexibility index (Phi) is 4.95. The zero-order valence-corrected chi connectivity index (χ0v) is 10.0. The maximum absolute atomic E-state index is 13.5. The third-order valence-electron chi connectivity index (χ3n) is 2.52. The van der Waals surface area contributed by atoms with E-state index in [4.69, 9.17) is 16.9 Å². The molecule has 2 atom stereocenters. The molecule has 1 aromatic carbocycles. The molecule has 0 saturated carbocycles. The lowest BCUT2D eigenvalue weighted by atomic mass is 10.1. The van der Waals surface area contributed by atoms with Gasteiger partial charge in [-0.1, -0.05) is 12.0 Å². The molecule has 92 valence electrons. The third kappa shape index (κ3) is 3.45. The number of ether oxygens (including phenoxy) is 1. The van der Waals surface area contributed by atoms with Crippen molar-refractivity contribution in [3.8, 4) is 18.1 Å². The zero-order valence-electron chi connectivity index (χ0n) is 10.0. The molecule has 4 heteroatoms. The maximum Gasteiger partial charge on any atom is 0.165 e. The molecular formula is C13H17FN2O. The fourth-order valence-corrected chi connectivity index (χ4v) is 1.55. The Morgan fingerprint density at radius 3 is 2.76 bits per heavy atom. The Balaban J connectivity index is 2.89. The molecule has 0 aliphatic heterocycles. The summed E-state index contributed by atoms with van der Waals surface area (Å²) in [5.74, 6) is 2.36. The fourth-order valence-electron chi connectivity index (χ4n) is 1.55. The summed E-state index contributed by atoms with van der Waals surface area (Å²) in [7, 11) is 1.43. The van der Waals surface area contributed by atoms with Crippen LogP contribution in [-0.2, 0) is 0 Å². The molecule has 1 aromatic rings. The van der Waals surface area contributed by atoms with E-state index in [9.17, 15) is 4.39 Å². The molecule has 0 aliphatic rings. The highest BCUT2D eigenvalue weighted by Gasteiger charge is 2.13. The Morgan fingerprint density at radius 2 is 2.29 bits per heavy atom. The summed E-state index contributed by atoms with van der Waals surface area (Å²) in [5, 5.41) is 3.13. The quantitative estimate of drug-likeness (QED) is 0.761. The smallest absolute Gasteiger partial charge is 0.165 e. The molecule has 1 rings (SSSR count). The van der Waals surface area contributed by atoms with Crippen molar-refractivity contribution in [2.45, 2.75) is 19.0 Å². The minimum absolute atomic E-state index is 0.117. The van der Waals surface area contributed by atoms with Gasteiger partial charge in [-0.2, -0.15) is 0 Å². The van der Waals surface area contributed by atoms with E-state index in [1.807, 2.05) is 6.92 Å². The Labute approximate surface area is 101 Å². The summed E-state index contributed by atoms with van der Waals surface area (Å²) in [6, 6.07) is 4.48. The van der Waals surface area contributed by atoms with Crippen LogP contribution in [0, 0.1) is 18.2 Å². The van der Waals surface area contributed by atoms with Crippen LogP contribution in [0.15, 0.2) is 18.2 Å². The van der Waals surface area contributed by atoms with Crippen LogP contribution in [0.1, 0.15) is 18.5 Å². The molecule has 0 amide bonds. The van der Waals surface area contributed by atoms with E-state index in [1.54, 1.807) is 12.1 Å². The standard InChI is InChI=1S/C13H17FN2O/c1-4-9(2)16-12(8-15)10-5-6-13(17-3)11(14)7-10/h1,5-7,9,12,16H,8,15H2,2-3H3. The summed E-state index contributed by atoms with van der Waals surface area (Å²) in [4.78, 5) is 0. The van der Waals surface area contributed by atoms with E-state index in [0.717, 1.165) is 5.56 Å². The van der Waals surface area contributed by atoms with Crippen molar-refractivity contribution in [2.24, 2.45) is 5.73 Å². The third-order valence-corrected chi connectivity index (χ3v) is 2.52. The first-order valence-corrected chi connectivity index (χ1v) is 5.38. The van der Waals surface area contributed by atoms with Gasteiger partial charge in [0.2, 0.25) is 0 Å². The Morgan fingerprint density at radius 1 is 1.59 bits per heavy atom. The largest absolute Gasteiger partial charge is 0.494 e. The lowest BCUT2D eigenvalue weighted by molar-refractivity contribution is 0.385. The molecular weight excluding hydrogens is 219 g/mol. The topological polar surface area (TPSA) is 47.3 Å². The van der Waals surface area contributed by atoms with Crippen LogP contribution in [0.25, 0.3) is 0 Å². The van der Waals surface area contributed by atoms with Gasteiger partial charge in [0, 0.05) is 12.6 Å². The first kappa shape index (κ1) is 13.5. The molecule has 0 spiro atoms. The summed E-state index contributed by atoms with van der Waals surface area (Å²) in [6.07, 6.45) is 5.28. The molecule has 2 unspecified atom stereocenters. The number of halogens is 1. The summed E-state index contributed by atoms with van der Waals surface area (Å²) >= 11 is 0. The van der Waals surface area contributed by atoms with Gasteiger partial charge in [-0.3, -0.25) is 5.32 Å². The van der Waals surface area contributed by atoms with Gasteiger partial charge in [0.25, 0.3) is 0 Å². The number of rotatable bonds is 5. The van der Waals surface area contributed by atoms with Gasteiger partial charge in [-0.05, 0) is 24.6 Å². The van der Waals surface area contributed by atoms with Gasteiger partial charge in [0.1, 0.15) is 0 Å². The minimum Gasteiger partial charge on any atom is -0.494 e. The minimum atomic E-state index is -0.404. The lowest BCUT2D eigenvalue weighted by Crippen LogP contribution is -2.34. The van der Waals surface area contributed by atoms with Crippen LogP contribution < -0.4 is 15.8 Å². The van der Waals surface area contributed by atoms with E-state index < -0.39 is 5.82 Å². The predicted octanol–water partition coefficient (Wildman–Crippen LogP) is 1.45. The number of nitrogens with one attached hydrogen (secondary N) is 1. The molecule has 0 saturated heterocycles. The fraction of sp³-hybridized carbons (Fsp3) is 0.385. The first-order valence-electron chi connectivity index (χ1n) is 5.38. The number of terminal acetylenes is 1. The van der Waals surface area contributed by atoms with Crippen LogP contribution >= 0.6 is 0 Å². The number of methoxy groups -OCH3 is 1. The molecule has 0 bridgehead atoms. The number of hydrogen-bond donors (Lipinski definition) is 2. The van der Waals surface area contributed by atoms with Gasteiger partial charge in [0.05, 0.1) is 13.2 Å². The summed E-state index contributed by atoms with van der Waals surface area (Å²) in [5.41, 5.74) is 6.40. The second-order valence-electron chi connectivity index (χ2n) is 3.74. The van der Waals surface area contributed by atoms with Crippen LogP contribution in [0.3, 0.4) is 0 Å². The van der Waals surface area contributed by atoms with Crippen molar-refractivity contribution in [3.63, 3.8) is 0 Å². The summed E-state index contributed by atoms with van der Waals surface area (Å²) in [6.45, 7) is 2.19. The van der Waals surface area contributed by atoms with Crippen LogP contribution in [-0.4, -0.2) is 19.7 Å². The van der Waals surface area contributed by atoms with Crippen molar-refractivity contribution >= 4 is 0 Å². The lowest BCUT2D eigenvalue weighted by Gasteiger charge is -2.20. The highest BCUT2D eigenvalue weighted by atomic mass is 19.1. The van der Waals surface area contributed by atoms with Crippen LogP contribution in [0.2, 0.25) is 0 Å². The van der Waals surface area contributed by atoms with Gasteiger partial charge >= 0.3 is 0 Å². The van der Waals surface area contributed by atoms with Crippen molar-refractivity contribution in [2.75, 3.05) is 13.7 Å². The number of nitrogens with two attached hydrogens (primary N) is 1. The van der Waals surface area contributed by atoms with E-state index in [0.29, 0.717) is 6.54 Å². The molecule has 0 heterocycles. The second-order valence-corrected chi connectivity index (χ2v) is 3.74. The zero-order chi connectivity index (χ0) is 12.8. The van der Waals surface area contributed by atoms with Gasteiger partial charge < -0.3 is 10.5 Å². The van der Waals surface area contributed by atoms with Crippen molar-refractivity contribution in [1.29, 1.82) is 0 Å². The molecule has 0 radical (unpaired) electrons. The van der Waals surface area contributed by atoms with Crippen molar-refractivity contribution < 1.29 is 9.13 Å². The normalized spacial score (nSPS) is 13.8. The average molecular weight is 236 g/mol. The molecule has 3 nitrogen and oxygen atoms in total. The Bertz CT molecular complexity index is 414. The Hall–Kier alpha value is -1.57. The van der Waals surface area contributed by atoms with E-state index in [2.05, 4.69) is 11.2 Å². The van der Waals surface area contributed by atoms with Crippen molar-refractivity contribution in [3.05, 3.63) is 29.6 Å². The van der Waals surface area contributed by atoms with E-state index >= 15 is 0 Å². The SMILES string of the molecule is C#CC(C)NC(CN)c1ccc(OC)c(F)c1. The van der Waals surface area contributed by atoms with Crippen LogP contribution in [0.5, 0.6) is 5.75 Å². The molecule has 17 heavy (non-hydrogen) atoms. The van der Waals surface area contributed by atoms with E-state index in [-0.39, 0.29) is 17.8 Å².